The largest absolute Gasteiger partial charge is 0.345 e. The molecule has 2 amide bonds. The standard InChI is InChI=1S/C22H32N4O2/c1-17(2)14-25-15-21(22(16-25)8-10-24(3)20(22)28)6-11-26(12-7-21)19(27)18-5-4-9-23-13-18/h4-5,9,13,17H,6-8,10-12,14-16H2,1-3H3. The second-order valence-corrected chi connectivity index (χ2v) is 9.44. The average Bonchev–Trinajstić information content (AvgIpc) is 3.14. The Morgan fingerprint density at radius 3 is 2.50 bits per heavy atom. The van der Waals surface area contributed by atoms with Crippen LogP contribution >= 0.6 is 0 Å². The van der Waals surface area contributed by atoms with Crippen LogP contribution in [0.15, 0.2) is 24.5 Å². The molecule has 152 valence electrons. The van der Waals surface area contributed by atoms with Crippen molar-refractivity contribution in [2.24, 2.45) is 16.7 Å². The lowest BCUT2D eigenvalue weighted by molar-refractivity contribution is -0.141. The van der Waals surface area contributed by atoms with Crippen LogP contribution in [0.4, 0.5) is 0 Å². The molecule has 28 heavy (non-hydrogen) atoms. The molecule has 1 aromatic heterocycles. The molecule has 3 aliphatic heterocycles. The Labute approximate surface area is 167 Å². The Morgan fingerprint density at radius 1 is 1.18 bits per heavy atom. The summed E-state index contributed by atoms with van der Waals surface area (Å²) in [5.41, 5.74) is 0.382. The van der Waals surface area contributed by atoms with Gasteiger partial charge in [-0.3, -0.25) is 14.6 Å². The zero-order chi connectivity index (χ0) is 19.9. The van der Waals surface area contributed by atoms with Crippen LogP contribution in [0.1, 0.15) is 43.5 Å². The van der Waals surface area contributed by atoms with Crippen LogP contribution in [-0.2, 0) is 4.79 Å². The van der Waals surface area contributed by atoms with Crippen molar-refractivity contribution in [3.8, 4) is 0 Å². The van der Waals surface area contributed by atoms with Gasteiger partial charge >= 0.3 is 0 Å². The molecule has 0 bridgehead atoms. The van der Waals surface area contributed by atoms with E-state index in [4.69, 9.17) is 0 Å². The number of pyridine rings is 1. The smallest absolute Gasteiger partial charge is 0.255 e. The molecule has 6 heteroatoms. The molecule has 4 heterocycles. The van der Waals surface area contributed by atoms with E-state index in [1.807, 2.05) is 29.0 Å². The van der Waals surface area contributed by atoms with E-state index in [0.29, 0.717) is 17.4 Å². The summed E-state index contributed by atoms with van der Waals surface area (Å²) < 4.78 is 0. The molecule has 3 fully saturated rings. The Hall–Kier alpha value is -1.95. The van der Waals surface area contributed by atoms with Gasteiger partial charge in [0, 0.05) is 64.1 Å². The molecule has 0 saturated carbocycles. The van der Waals surface area contributed by atoms with E-state index < -0.39 is 0 Å². The van der Waals surface area contributed by atoms with E-state index in [1.54, 1.807) is 12.4 Å². The first-order valence-corrected chi connectivity index (χ1v) is 10.5. The number of amides is 2. The van der Waals surface area contributed by atoms with Gasteiger partial charge in [-0.2, -0.15) is 0 Å². The quantitative estimate of drug-likeness (QED) is 0.801. The second-order valence-electron chi connectivity index (χ2n) is 9.44. The van der Waals surface area contributed by atoms with Gasteiger partial charge in [0.2, 0.25) is 5.91 Å². The van der Waals surface area contributed by atoms with Crippen molar-refractivity contribution in [3.05, 3.63) is 30.1 Å². The number of hydrogen-bond acceptors (Lipinski definition) is 4. The normalized spacial score (nSPS) is 27.5. The van der Waals surface area contributed by atoms with Crippen molar-refractivity contribution < 1.29 is 9.59 Å². The summed E-state index contributed by atoms with van der Waals surface area (Å²) in [6.45, 7) is 9.70. The van der Waals surface area contributed by atoms with Crippen molar-refractivity contribution in [1.29, 1.82) is 0 Å². The van der Waals surface area contributed by atoms with Crippen LogP contribution in [0.2, 0.25) is 0 Å². The van der Waals surface area contributed by atoms with Crippen molar-refractivity contribution in [2.45, 2.75) is 33.1 Å². The highest BCUT2D eigenvalue weighted by Gasteiger charge is 2.64. The Morgan fingerprint density at radius 2 is 1.93 bits per heavy atom. The summed E-state index contributed by atoms with van der Waals surface area (Å²) >= 11 is 0. The van der Waals surface area contributed by atoms with Crippen LogP contribution in [0.25, 0.3) is 0 Å². The SMILES string of the molecule is CC(C)CN1CC2(CCN(C(=O)c3cccnc3)CC2)C2(CCN(C)C2=O)C1. The highest BCUT2D eigenvalue weighted by Crippen LogP contribution is 2.57. The molecule has 0 radical (unpaired) electrons. The van der Waals surface area contributed by atoms with Crippen LogP contribution in [0.3, 0.4) is 0 Å². The topological polar surface area (TPSA) is 56.8 Å². The van der Waals surface area contributed by atoms with E-state index in [2.05, 4.69) is 23.7 Å². The first kappa shape index (κ1) is 19.4. The highest BCUT2D eigenvalue weighted by atomic mass is 16.2. The molecule has 6 nitrogen and oxygen atoms in total. The van der Waals surface area contributed by atoms with Gasteiger partial charge in [0.05, 0.1) is 11.0 Å². The van der Waals surface area contributed by atoms with Crippen molar-refractivity contribution in [2.75, 3.05) is 46.3 Å². The minimum Gasteiger partial charge on any atom is -0.345 e. The van der Waals surface area contributed by atoms with Gasteiger partial charge < -0.3 is 14.7 Å². The lowest BCUT2D eigenvalue weighted by atomic mass is 9.60. The van der Waals surface area contributed by atoms with Gasteiger partial charge in [0.15, 0.2) is 0 Å². The number of piperidine rings is 1. The fourth-order valence-electron chi connectivity index (χ4n) is 5.85. The summed E-state index contributed by atoms with van der Waals surface area (Å²) in [5, 5.41) is 0. The first-order valence-electron chi connectivity index (χ1n) is 10.5. The predicted octanol–water partition coefficient (Wildman–Crippen LogP) is 2.12. The van der Waals surface area contributed by atoms with E-state index in [1.165, 1.54) is 0 Å². The molecular weight excluding hydrogens is 352 g/mol. The van der Waals surface area contributed by atoms with Gasteiger partial charge in [-0.25, -0.2) is 0 Å². The molecule has 3 saturated heterocycles. The fourth-order valence-corrected chi connectivity index (χ4v) is 5.85. The van der Waals surface area contributed by atoms with Crippen molar-refractivity contribution in [1.82, 2.24) is 19.7 Å². The number of rotatable bonds is 3. The zero-order valence-corrected chi connectivity index (χ0v) is 17.4. The number of aromatic nitrogens is 1. The Kier molecular flexibility index (Phi) is 4.94. The lowest BCUT2D eigenvalue weighted by Gasteiger charge is -2.47. The molecule has 1 atom stereocenters. The zero-order valence-electron chi connectivity index (χ0n) is 17.4. The average molecular weight is 385 g/mol. The van der Waals surface area contributed by atoms with E-state index in [-0.39, 0.29) is 16.7 Å². The minimum atomic E-state index is -0.264. The predicted molar refractivity (Wildman–Crippen MR) is 108 cm³/mol. The van der Waals surface area contributed by atoms with E-state index in [9.17, 15) is 9.59 Å². The summed E-state index contributed by atoms with van der Waals surface area (Å²) in [7, 11) is 1.94. The molecule has 0 N–H and O–H groups in total. The van der Waals surface area contributed by atoms with Gasteiger partial charge in [-0.15, -0.1) is 0 Å². The molecular formula is C22H32N4O2. The number of nitrogens with zero attached hydrogens (tertiary/aromatic N) is 4. The third kappa shape index (κ3) is 3.02. The van der Waals surface area contributed by atoms with Gasteiger partial charge in [0.1, 0.15) is 0 Å². The molecule has 2 spiro atoms. The van der Waals surface area contributed by atoms with Crippen molar-refractivity contribution >= 4 is 11.8 Å². The third-order valence-corrected chi connectivity index (χ3v) is 7.20. The van der Waals surface area contributed by atoms with Crippen molar-refractivity contribution in [3.63, 3.8) is 0 Å². The van der Waals surface area contributed by atoms with Crippen LogP contribution in [0.5, 0.6) is 0 Å². The molecule has 0 aromatic carbocycles. The third-order valence-electron chi connectivity index (χ3n) is 7.20. The number of likely N-dealkylation sites (tertiary alicyclic amines) is 3. The number of fused-ring (bicyclic) bond motifs is 1. The number of carbonyl (C=O) groups is 2. The first-order chi connectivity index (χ1) is 13.4. The molecule has 0 aliphatic carbocycles. The monoisotopic (exact) mass is 384 g/mol. The maximum atomic E-state index is 13.3. The fraction of sp³-hybridized carbons (Fsp3) is 0.682. The maximum Gasteiger partial charge on any atom is 0.255 e. The molecule has 1 unspecified atom stereocenters. The molecule has 4 rings (SSSR count). The van der Waals surface area contributed by atoms with Gasteiger partial charge in [0.25, 0.3) is 5.91 Å². The Balaban J connectivity index is 1.54. The summed E-state index contributed by atoms with van der Waals surface area (Å²) in [4.78, 5) is 36.6. The van der Waals surface area contributed by atoms with Crippen LogP contribution < -0.4 is 0 Å². The lowest BCUT2D eigenvalue weighted by Crippen LogP contribution is -2.53. The number of carbonyl (C=O) groups excluding carboxylic acids is 2. The maximum absolute atomic E-state index is 13.3. The number of hydrogen-bond donors (Lipinski definition) is 0. The highest BCUT2D eigenvalue weighted by molar-refractivity contribution is 5.94. The van der Waals surface area contributed by atoms with Gasteiger partial charge in [-0.1, -0.05) is 13.8 Å². The van der Waals surface area contributed by atoms with Crippen LogP contribution in [0, 0.1) is 16.7 Å². The summed E-state index contributed by atoms with van der Waals surface area (Å²) in [6, 6.07) is 3.64. The second kappa shape index (κ2) is 7.14. The van der Waals surface area contributed by atoms with Crippen LogP contribution in [-0.4, -0.2) is 77.8 Å². The molecule has 3 aliphatic rings. The Bertz CT molecular complexity index is 742. The molecule has 1 aromatic rings. The van der Waals surface area contributed by atoms with Gasteiger partial charge in [-0.05, 0) is 37.3 Å². The summed E-state index contributed by atoms with van der Waals surface area (Å²) in [5.74, 6) is 0.975. The van der Waals surface area contributed by atoms with E-state index in [0.717, 1.165) is 58.5 Å². The summed E-state index contributed by atoms with van der Waals surface area (Å²) in [6.07, 6.45) is 6.10. The van der Waals surface area contributed by atoms with E-state index >= 15 is 0 Å². The minimum absolute atomic E-state index is 0.00451.